The first kappa shape index (κ1) is 15.3. The third kappa shape index (κ3) is 4.46. The Labute approximate surface area is 111 Å². The number of thioether (sulfide) groups is 1. The van der Waals surface area contributed by atoms with Gasteiger partial charge in [-0.15, -0.1) is 0 Å². The first-order valence-corrected chi connectivity index (χ1v) is 8.19. The van der Waals surface area contributed by atoms with E-state index in [2.05, 4.69) is 44.8 Å². The molecule has 1 rings (SSSR count). The number of rotatable bonds is 6. The summed E-state index contributed by atoms with van der Waals surface area (Å²) in [4.78, 5) is 0. The fraction of sp³-hybridized carbons (Fsp3) is 1.00. The molecule has 1 atom stereocenters. The Hall–Kier alpha value is 0.270. The van der Waals surface area contributed by atoms with Crippen molar-refractivity contribution in [1.29, 1.82) is 0 Å². The van der Waals surface area contributed by atoms with Gasteiger partial charge in [-0.25, -0.2) is 0 Å². The average molecular weight is 258 g/mol. The van der Waals surface area contributed by atoms with Crippen LogP contribution < -0.4 is 11.1 Å². The largest absolute Gasteiger partial charge is 0.329 e. The lowest BCUT2D eigenvalue weighted by Gasteiger charge is -2.39. The molecule has 0 aromatic rings. The summed E-state index contributed by atoms with van der Waals surface area (Å²) in [5.74, 6) is 4.74. The molecule has 0 radical (unpaired) electrons. The smallest absolute Gasteiger partial charge is 0.0395 e. The molecule has 2 nitrogen and oxygen atoms in total. The van der Waals surface area contributed by atoms with Gasteiger partial charge in [-0.3, -0.25) is 0 Å². The van der Waals surface area contributed by atoms with Gasteiger partial charge in [0.05, 0.1) is 0 Å². The molecule has 1 aliphatic rings. The fourth-order valence-electron chi connectivity index (χ4n) is 2.80. The van der Waals surface area contributed by atoms with Crippen LogP contribution in [0.15, 0.2) is 0 Å². The van der Waals surface area contributed by atoms with Gasteiger partial charge in [-0.1, -0.05) is 27.7 Å². The minimum atomic E-state index is 0.213. The summed E-state index contributed by atoms with van der Waals surface area (Å²) in [6.45, 7) is 11.2. The second-order valence-electron chi connectivity index (χ2n) is 6.17. The molecule has 3 N–H and O–H groups in total. The molecular formula is C14H30N2S. The van der Waals surface area contributed by atoms with Crippen molar-refractivity contribution >= 4 is 11.8 Å². The van der Waals surface area contributed by atoms with Gasteiger partial charge in [0.25, 0.3) is 0 Å². The van der Waals surface area contributed by atoms with Gasteiger partial charge in [0, 0.05) is 17.8 Å². The van der Waals surface area contributed by atoms with E-state index in [-0.39, 0.29) is 5.54 Å². The number of hydrogen-bond donors (Lipinski definition) is 2. The predicted molar refractivity (Wildman–Crippen MR) is 79.5 cm³/mol. The van der Waals surface area contributed by atoms with Gasteiger partial charge in [-0.05, 0) is 42.9 Å². The quantitative estimate of drug-likeness (QED) is 0.769. The molecule has 1 heterocycles. The van der Waals surface area contributed by atoms with E-state index in [1.165, 1.54) is 24.3 Å². The van der Waals surface area contributed by atoms with Crippen LogP contribution in [0.1, 0.15) is 40.5 Å². The molecule has 3 heteroatoms. The number of hydrogen-bond acceptors (Lipinski definition) is 3. The zero-order chi connectivity index (χ0) is 12.9. The van der Waals surface area contributed by atoms with Crippen molar-refractivity contribution in [2.45, 2.75) is 46.1 Å². The second-order valence-corrected chi connectivity index (χ2v) is 7.28. The highest BCUT2D eigenvalue weighted by Gasteiger charge is 2.31. The third-order valence-corrected chi connectivity index (χ3v) is 5.47. The Morgan fingerprint density at radius 3 is 2.29 bits per heavy atom. The molecule has 0 saturated carbocycles. The first-order valence-electron chi connectivity index (χ1n) is 7.03. The summed E-state index contributed by atoms with van der Waals surface area (Å²) in [7, 11) is 0. The summed E-state index contributed by atoms with van der Waals surface area (Å²) in [5, 5.41) is 3.80. The summed E-state index contributed by atoms with van der Waals surface area (Å²) >= 11 is 2.05. The molecule has 17 heavy (non-hydrogen) atoms. The third-order valence-electron chi connectivity index (χ3n) is 4.14. The monoisotopic (exact) mass is 258 g/mol. The molecule has 0 bridgehead atoms. The lowest BCUT2D eigenvalue weighted by molar-refractivity contribution is 0.233. The van der Waals surface area contributed by atoms with Crippen LogP contribution >= 0.6 is 11.8 Å². The van der Waals surface area contributed by atoms with E-state index in [0.717, 1.165) is 30.8 Å². The van der Waals surface area contributed by atoms with Crippen LogP contribution in [0.4, 0.5) is 0 Å². The second kappa shape index (κ2) is 7.01. The SMILES string of the molecule is CC(C)C(CNC1(CN)CCCSC1)C(C)C. The average Bonchev–Trinajstić information content (AvgIpc) is 2.29. The van der Waals surface area contributed by atoms with Gasteiger partial charge in [-0.2, -0.15) is 11.8 Å². The van der Waals surface area contributed by atoms with Crippen molar-refractivity contribution < 1.29 is 0 Å². The van der Waals surface area contributed by atoms with Crippen LogP contribution in [0.25, 0.3) is 0 Å². The maximum absolute atomic E-state index is 6.00. The molecule has 1 fully saturated rings. The maximum atomic E-state index is 6.00. The van der Waals surface area contributed by atoms with E-state index in [9.17, 15) is 0 Å². The van der Waals surface area contributed by atoms with Gasteiger partial charge < -0.3 is 11.1 Å². The van der Waals surface area contributed by atoms with Gasteiger partial charge >= 0.3 is 0 Å². The highest BCUT2D eigenvalue weighted by atomic mass is 32.2. The van der Waals surface area contributed by atoms with Crippen molar-refractivity contribution in [1.82, 2.24) is 5.32 Å². The summed E-state index contributed by atoms with van der Waals surface area (Å²) in [5.41, 5.74) is 6.21. The topological polar surface area (TPSA) is 38.0 Å². The first-order chi connectivity index (χ1) is 8.01. The van der Waals surface area contributed by atoms with Crippen LogP contribution in [0.5, 0.6) is 0 Å². The number of nitrogens with two attached hydrogens (primary N) is 1. The number of nitrogens with one attached hydrogen (secondary N) is 1. The molecule has 1 saturated heterocycles. The molecule has 102 valence electrons. The van der Waals surface area contributed by atoms with Crippen LogP contribution in [-0.2, 0) is 0 Å². The Morgan fingerprint density at radius 2 is 1.88 bits per heavy atom. The van der Waals surface area contributed by atoms with E-state index < -0.39 is 0 Å². The van der Waals surface area contributed by atoms with E-state index in [0.29, 0.717) is 0 Å². The zero-order valence-corrected chi connectivity index (χ0v) is 12.8. The van der Waals surface area contributed by atoms with Crippen LogP contribution in [0.2, 0.25) is 0 Å². The molecule has 1 aliphatic heterocycles. The molecular weight excluding hydrogens is 228 g/mol. The minimum absolute atomic E-state index is 0.213. The summed E-state index contributed by atoms with van der Waals surface area (Å²) in [6, 6.07) is 0. The highest BCUT2D eigenvalue weighted by molar-refractivity contribution is 7.99. The molecule has 0 amide bonds. The lowest BCUT2D eigenvalue weighted by Crippen LogP contribution is -2.56. The fourth-order valence-corrected chi connectivity index (χ4v) is 4.05. The highest BCUT2D eigenvalue weighted by Crippen LogP contribution is 2.27. The minimum Gasteiger partial charge on any atom is -0.329 e. The van der Waals surface area contributed by atoms with Crippen LogP contribution in [-0.4, -0.2) is 30.1 Å². The molecule has 0 aromatic heterocycles. The van der Waals surface area contributed by atoms with Crippen molar-refractivity contribution in [3.63, 3.8) is 0 Å². The Balaban J connectivity index is 2.50. The lowest BCUT2D eigenvalue weighted by atomic mass is 9.84. The Bertz CT molecular complexity index is 202. The summed E-state index contributed by atoms with van der Waals surface area (Å²) < 4.78 is 0. The molecule has 0 spiro atoms. The van der Waals surface area contributed by atoms with E-state index in [1.807, 2.05) is 0 Å². The maximum Gasteiger partial charge on any atom is 0.0395 e. The summed E-state index contributed by atoms with van der Waals surface area (Å²) in [6.07, 6.45) is 2.56. The van der Waals surface area contributed by atoms with Crippen molar-refractivity contribution in [3.05, 3.63) is 0 Å². The normalized spacial score (nSPS) is 26.1. The molecule has 1 unspecified atom stereocenters. The van der Waals surface area contributed by atoms with E-state index >= 15 is 0 Å². The van der Waals surface area contributed by atoms with Crippen molar-refractivity contribution in [3.8, 4) is 0 Å². The van der Waals surface area contributed by atoms with E-state index in [4.69, 9.17) is 5.73 Å². The Kier molecular flexibility index (Phi) is 6.32. The van der Waals surface area contributed by atoms with Gasteiger partial charge in [0.15, 0.2) is 0 Å². The van der Waals surface area contributed by atoms with Crippen LogP contribution in [0, 0.1) is 17.8 Å². The zero-order valence-electron chi connectivity index (χ0n) is 12.0. The van der Waals surface area contributed by atoms with Gasteiger partial charge in [0.1, 0.15) is 0 Å². The van der Waals surface area contributed by atoms with Crippen molar-refractivity contribution in [2.24, 2.45) is 23.5 Å². The van der Waals surface area contributed by atoms with E-state index in [1.54, 1.807) is 0 Å². The molecule has 0 aliphatic carbocycles. The van der Waals surface area contributed by atoms with Crippen molar-refractivity contribution in [2.75, 3.05) is 24.6 Å². The standard InChI is InChI=1S/C14H30N2S/c1-11(2)13(12(3)4)8-16-14(9-15)6-5-7-17-10-14/h11-13,16H,5-10,15H2,1-4H3. The predicted octanol–water partition coefficient (Wildman–Crippen LogP) is 2.73. The Morgan fingerprint density at radius 1 is 1.24 bits per heavy atom. The molecule has 0 aromatic carbocycles. The van der Waals surface area contributed by atoms with Crippen LogP contribution in [0.3, 0.4) is 0 Å². The van der Waals surface area contributed by atoms with Gasteiger partial charge in [0.2, 0.25) is 0 Å².